The van der Waals surface area contributed by atoms with Crippen LogP contribution >= 0.6 is 0 Å². The van der Waals surface area contributed by atoms with Gasteiger partial charge in [-0.3, -0.25) is 9.59 Å². The molecule has 4 nitrogen and oxygen atoms in total. The van der Waals surface area contributed by atoms with Gasteiger partial charge < -0.3 is 9.80 Å². The van der Waals surface area contributed by atoms with E-state index in [1.165, 1.54) is 5.56 Å². The zero-order valence-electron chi connectivity index (χ0n) is 13.4. The van der Waals surface area contributed by atoms with Crippen LogP contribution in [0.2, 0.25) is 0 Å². The number of benzene rings is 1. The summed E-state index contributed by atoms with van der Waals surface area (Å²) in [5.74, 6) is 0.311. The SMILES string of the molecule is CCC(=O)N1CC[C@@]2(c3ccccc3)CCN(C(C)=O)[C@H]2C1. The molecule has 0 N–H and O–H groups in total. The molecular formula is C18H24N2O2. The van der Waals surface area contributed by atoms with Gasteiger partial charge in [-0.1, -0.05) is 37.3 Å². The Morgan fingerprint density at radius 3 is 2.50 bits per heavy atom. The van der Waals surface area contributed by atoms with Gasteiger partial charge in [-0.05, 0) is 18.4 Å². The monoisotopic (exact) mass is 300 g/mol. The molecule has 2 saturated heterocycles. The zero-order chi connectivity index (χ0) is 15.7. The molecule has 2 amide bonds. The molecule has 2 fully saturated rings. The van der Waals surface area contributed by atoms with Gasteiger partial charge in [0.1, 0.15) is 0 Å². The minimum Gasteiger partial charge on any atom is -0.341 e. The first-order valence-corrected chi connectivity index (χ1v) is 8.19. The molecule has 0 bridgehead atoms. The molecule has 2 aliphatic rings. The van der Waals surface area contributed by atoms with E-state index in [0.29, 0.717) is 13.0 Å². The van der Waals surface area contributed by atoms with Gasteiger partial charge in [-0.2, -0.15) is 0 Å². The van der Waals surface area contributed by atoms with E-state index in [1.807, 2.05) is 22.8 Å². The van der Waals surface area contributed by atoms with Crippen LogP contribution in [0.5, 0.6) is 0 Å². The highest BCUT2D eigenvalue weighted by molar-refractivity contribution is 5.77. The van der Waals surface area contributed by atoms with E-state index < -0.39 is 0 Å². The lowest BCUT2D eigenvalue weighted by Crippen LogP contribution is -2.57. The molecule has 1 aromatic carbocycles. The van der Waals surface area contributed by atoms with Crippen molar-refractivity contribution in [2.45, 2.75) is 44.6 Å². The Bertz CT molecular complexity index is 572. The first-order chi connectivity index (χ1) is 10.6. The van der Waals surface area contributed by atoms with E-state index in [4.69, 9.17) is 0 Å². The van der Waals surface area contributed by atoms with E-state index >= 15 is 0 Å². The standard InChI is InChI=1S/C18H24N2O2/c1-3-17(22)19-11-9-18(15-7-5-4-6-8-15)10-12-20(14(2)21)16(18)13-19/h4-8,16H,3,9-13H2,1-2H3/t16-,18-/m0/s1. The summed E-state index contributed by atoms with van der Waals surface area (Å²) in [7, 11) is 0. The topological polar surface area (TPSA) is 40.6 Å². The van der Waals surface area contributed by atoms with Crippen LogP contribution in [0, 0.1) is 0 Å². The van der Waals surface area contributed by atoms with E-state index in [9.17, 15) is 9.59 Å². The Morgan fingerprint density at radius 1 is 1.18 bits per heavy atom. The Hall–Kier alpha value is -1.84. The number of piperidine rings is 1. The zero-order valence-corrected chi connectivity index (χ0v) is 13.4. The molecule has 2 atom stereocenters. The van der Waals surface area contributed by atoms with Gasteiger partial charge in [-0.25, -0.2) is 0 Å². The van der Waals surface area contributed by atoms with Crippen LogP contribution in [0.3, 0.4) is 0 Å². The fraction of sp³-hybridized carbons (Fsp3) is 0.556. The van der Waals surface area contributed by atoms with Crippen molar-refractivity contribution >= 4 is 11.8 Å². The van der Waals surface area contributed by atoms with Crippen LogP contribution in [0.25, 0.3) is 0 Å². The van der Waals surface area contributed by atoms with Crippen molar-refractivity contribution in [2.75, 3.05) is 19.6 Å². The molecule has 0 radical (unpaired) electrons. The van der Waals surface area contributed by atoms with Gasteiger partial charge in [0.05, 0.1) is 6.04 Å². The Morgan fingerprint density at radius 2 is 1.86 bits per heavy atom. The minimum absolute atomic E-state index is 0.0114. The quantitative estimate of drug-likeness (QED) is 0.840. The van der Waals surface area contributed by atoms with Crippen molar-refractivity contribution in [3.63, 3.8) is 0 Å². The summed E-state index contributed by atoms with van der Waals surface area (Å²) in [6.45, 7) is 5.80. The van der Waals surface area contributed by atoms with Gasteiger partial charge in [0.25, 0.3) is 0 Å². The van der Waals surface area contributed by atoms with Crippen LogP contribution in [-0.2, 0) is 15.0 Å². The lowest BCUT2D eigenvalue weighted by molar-refractivity contribution is -0.138. The Kier molecular flexibility index (Phi) is 3.94. The lowest BCUT2D eigenvalue weighted by Gasteiger charge is -2.46. The highest BCUT2D eigenvalue weighted by Gasteiger charge is 2.52. The second-order valence-corrected chi connectivity index (χ2v) is 6.44. The summed E-state index contributed by atoms with van der Waals surface area (Å²) in [4.78, 5) is 28.1. The van der Waals surface area contributed by atoms with E-state index in [1.54, 1.807) is 6.92 Å². The summed E-state index contributed by atoms with van der Waals surface area (Å²) in [6.07, 6.45) is 2.47. The molecule has 2 aliphatic heterocycles. The average Bonchev–Trinajstić information content (AvgIpc) is 2.95. The second kappa shape index (κ2) is 5.75. The Labute approximate surface area is 132 Å². The first-order valence-electron chi connectivity index (χ1n) is 8.19. The molecule has 4 heteroatoms. The van der Waals surface area contributed by atoms with Gasteiger partial charge >= 0.3 is 0 Å². The fourth-order valence-electron chi connectivity index (χ4n) is 4.22. The molecule has 1 aromatic rings. The number of carbonyl (C=O) groups is 2. The lowest BCUT2D eigenvalue weighted by atomic mass is 9.69. The molecule has 118 valence electrons. The third-order valence-electron chi connectivity index (χ3n) is 5.44. The van der Waals surface area contributed by atoms with E-state index in [-0.39, 0.29) is 23.3 Å². The normalized spacial score (nSPS) is 27.6. The molecular weight excluding hydrogens is 276 g/mol. The van der Waals surface area contributed by atoms with E-state index in [2.05, 4.69) is 24.3 Å². The second-order valence-electron chi connectivity index (χ2n) is 6.44. The number of fused-ring (bicyclic) bond motifs is 1. The summed E-state index contributed by atoms with van der Waals surface area (Å²) < 4.78 is 0. The molecule has 2 heterocycles. The third kappa shape index (κ3) is 2.31. The van der Waals surface area contributed by atoms with Crippen LogP contribution in [0.1, 0.15) is 38.7 Å². The first kappa shape index (κ1) is 15.1. The highest BCUT2D eigenvalue weighted by Crippen LogP contribution is 2.45. The number of carbonyl (C=O) groups excluding carboxylic acids is 2. The number of likely N-dealkylation sites (tertiary alicyclic amines) is 2. The largest absolute Gasteiger partial charge is 0.341 e. The average molecular weight is 300 g/mol. The molecule has 0 unspecified atom stereocenters. The summed E-state index contributed by atoms with van der Waals surface area (Å²) in [5.41, 5.74) is 1.32. The summed E-state index contributed by atoms with van der Waals surface area (Å²) in [6, 6.07) is 10.6. The van der Waals surface area contributed by atoms with Crippen LogP contribution < -0.4 is 0 Å². The number of amides is 2. The van der Waals surface area contributed by atoms with Gasteiger partial charge in [0, 0.05) is 38.4 Å². The molecule has 0 saturated carbocycles. The van der Waals surface area contributed by atoms with Gasteiger partial charge in [0.15, 0.2) is 0 Å². The van der Waals surface area contributed by atoms with Crippen LogP contribution in [0.15, 0.2) is 30.3 Å². The predicted molar refractivity (Wildman–Crippen MR) is 85.4 cm³/mol. The number of rotatable bonds is 2. The summed E-state index contributed by atoms with van der Waals surface area (Å²) >= 11 is 0. The van der Waals surface area contributed by atoms with Crippen molar-refractivity contribution in [3.05, 3.63) is 35.9 Å². The van der Waals surface area contributed by atoms with Crippen molar-refractivity contribution in [2.24, 2.45) is 0 Å². The maximum Gasteiger partial charge on any atom is 0.222 e. The van der Waals surface area contributed by atoms with Crippen molar-refractivity contribution in [1.82, 2.24) is 9.80 Å². The molecule has 0 aromatic heterocycles. The van der Waals surface area contributed by atoms with Crippen LogP contribution in [-0.4, -0.2) is 47.3 Å². The predicted octanol–water partition coefficient (Wildman–Crippen LogP) is 2.19. The molecule has 22 heavy (non-hydrogen) atoms. The maximum atomic E-state index is 12.1. The molecule has 0 spiro atoms. The number of nitrogens with zero attached hydrogens (tertiary/aromatic N) is 2. The molecule has 0 aliphatic carbocycles. The van der Waals surface area contributed by atoms with Crippen molar-refractivity contribution in [1.29, 1.82) is 0 Å². The minimum atomic E-state index is 0.0114. The summed E-state index contributed by atoms with van der Waals surface area (Å²) in [5, 5.41) is 0. The van der Waals surface area contributed by atoms with Gasteiger partial charge in [0.2, 0.25) is 11.8 Å². The van der Waals surface area contributed by atoms with Crippen LogP contribution in [0.4, 0.5) is 0 Å². The number of hydrogen-bond donors (Lipinski definition) is 0. The maximum absolute atomic E-state index is 12.1. The number of hydrogen-bond acceptors (Lipinski definition) is 2. The van der Waals surface area contributed by atoms with Crippen molar-refractivity contribution in [3.8, 4) is 0 Å². The van der Waals surface area contributed by atoms with Gasteiger partial charge in [-0.15, -0.1) is 0 Å². The fourth-order valence-corrected chi connectivity index (χ4v) is 4.22. The van der Waals surface area contributed by atoms with E-state index in [0.717, 1.165) is 25.9 Å². The van der Waals surface area contributed by atoms with Crippen molar-refractivity contribution < 1.29 is 9.59 Å². The molecule has 3 rings (SSSR count). The highest BCUT2D eigenvalue weighted by atomic mass is 16.2. The third-order valence-corrected chi connectivity index (χ3v) is 5.44. The Balaban J connectivity index is 1.96. The smallest absolute Gasteiger partial charge is 0.222 e.